The third-order valence-corrected chi connectivity index (χ3v) is 4.73. The lowest BCUT2D eigenvalue weighted by atomic mass is 10.1. The van der Waals surface area contributed by atoms with Gasteiger partial charge >= 0.3 is 0 Å². The molecule has 6 nitrogen and oxygen atoms in total. The minimum absolute atomic E-state index is 0.219. The van der Waals surface area contributed by atoms with E-state index in [1.165, 1.54) is 12.1 Å². The Labute approximate surface area is 182 Å². The van der Waals surface area contributed by atoms with Gasteiger partial charge in [0, 0.05) is 17.7 Å². The van der Waals surface area contributed by atoms with Crippen LogP contribution in [-0.2, 0) is 4.79 Å². The molecule has 0 radical (unpaired) electrons. The lowest BCUT2D eigenvalue weighted by Crippen LogP contribution is -2.32. The average molecular weight is 453 g/mol. The monoisotopic (exact) mass is 451 g/mol. The lowest BCUT2D eigenvalue weighted by Gasteiger charge is -2.10. The summed E-state index contributed by atoms with van der Waals surface area (Å²) >= 11 is 17.8. The predicted molar refractivity (Wildman–Crippen MR) is 113 cm³/mol. The van der Waals surface area contributed by atoms with Gasteiger partial charge in [-0.1, -0.05) is 65.1 Å². The molecular formula is C20H16Cl3N3O3. The molecule has 1 amide bonds. The van der Waals surface area contributed by atoms with E-state index in [2.05, 4.69) is 15.5 Å². The zero-order valence-corrected chi connectivity index (χ0v) is 17.3. The fourth-order valence-corrected chi connectivity index (χ4v) is 2.91. The van der Waals surface area contributed by atoms with Crippen molar-refractivity contribution < 1.29 is 14.3 Å². The Hall–Kier alpha value is -2.54. The number of rotatable bonds is 8. The number of hydrogen-bond acceptors (Lipinski definition) is 5. The normalized spacial score (nSPS) is 10.4. The van der Waals surface area contributed by atoms with E-state index in [4.69, 9.17) is 44.3 Å². The van der Waals surface area contributed by atoms with Crippen molar-refractivity contribution in [1.29, 1.82) is 0 Å². The van der Waals surface area contributed by atoms with Crippen LogP contribution in [0.15, 0.2) is 54.6 Å². The summed E-state index contributed by atoms with van der Waals surface area (Å²) in [4.78, 5) is 11.9. The van der Waals surface area contributed by atoms with Crippen LogP contribution >= 0.6 is 34.8 Å². The standard InChI is InChI=1S/C20H16Cl3N3O3/c21-14-10-16(23)18(11-15(14)22)29-12-19(27)24-8-9-28-20-7-6-17(25-26-20)13-4-2-1-3-5-13/h1-7,10-11H,8-9,12H2,(H,24,27). The van der Waals surface area contributed by atoms with Crippen molar-refractivity contribution in [3.05, 3.63) is 69.7 Å². The van der Waals surface area contributed by atoms with E-state index in [0.717, 1.165) is 11.3 Å². The molecule has 150 valence electrons. The summed E-state index contributed by atoms with van der Waals surface area (Å²) in [7, 11) is 0. The maximum Gasteiger partial charge on any atom is 0.258 e. The van der Waals surface area contributed by atoms with Crippen LogP contribution in [0.25, 0.3) is 11.3 Å². The van der Waals surface area contributed by atoms with Gasteiger partial charge in [-0.25, -0.2) is 0 Å². The summed E-state index contributed by atoms with van der Waals surface area (Å²) in [6.45, 7) is 0.293. The number of amides is 1. The molecule has 0 bridgehead atoms. The van der Waals surface area contributed by atoms with E-state index in [1.54, 1.807) is 6.07 Å². The number of nitrogens with zero attached hydrogens (tertiary/aromatic N) is 2. The van der Waals surface area contributed by atoms with Crippen molar-refractivity contribution >= 4 is 40.7 Å². The Balaban J connectivity index is 1.39. The van der Waals surface area contributed by atoms with Gasteiger partial charge in [-0.3, -0.25) is 4.79 Å². The number of carbonyl (C=O) groups is 1. The first-order valence-electron chi connectivity index (χ1n) is 8.59. The van der Waals surface area contributed by atoms with Crippen LogP contribution in [0.4, 0.5) is 0 Å². The molecule has 2 aromatic carbocycles. The highest BCUT2D eigenvalue weighted by atomic mass is 35.5. The van der Waals surface area contributed by atoms with Gasteiger partial charge in [-0.2, -0.15) is 0 Å². The van der Waals surface area contributed by atoms with Crippen LogP contribution in [-0.4, -0.2) is 35.9 Å². The largest absolute Gasteiger partial charge is 0.482 e. The Morgan fingerprint density at radius 3 is 2.38 bits per heavy atom. The second-order valence-corrected chi connectivity index (χ2v) is 7.03. The molecule has 0 fully saturated rings. The molecule has 0 saturated carbocycles. The van der Waals surface area contributed by atoms with Gasteiger partial charge in [0.15, 0.2) is 6.61 Å². The lowest BCUT2D eigenvalue weighted by molar-refractivity contribution is -0.123. The van der Waals surface area contributed by atoms with Crippen molar-refractivity contribution in [3.8, 4) is 22.9 Å². The molecule has 0 aliphatic rings. The first-order chi connectivity index (χ1) is 14.0. The highest BCUT2D eigenvalue weighted by Crippen LogP contribution is 2.33. The molecule has 1 heterocycles. The van der Waals surface area contributed by atoms with E-state index < -0.39 is 0 Å². The first kappa shape index (κ1) is 21.2. The number of carbonyl (C=O) groups excluding carboxylic acids is 1. The zero-order chi connectivity index (χ0) is 20.6. The van der Waals surface area contributed by atoms with Crippen molar-refractivity contribution in [1.82, 2.24) is 15.5 Å². The topological polar surface area (TPSA) is 73.3 Å². The van der Waals surface area contributed by atoms with Crippen LogP contribution in [0.1, 0.15) is 0 Å². The van der Waals surface area contributed by atoms with Crippen molar-refractivity contribution in [2.24, 2.45) is 0 Å². The highest BCUT2D eigenvalue weighted by Gasteiger charge is 2.09. The molecule has 29 heavy (non-hydrogen) atoms. The highest BCUT2D eigenvalue weighted by molar-refractivity contribution is 6.43. The van der Waals surface area contributed by atoms with Crippen LogP contribution in [0.5, 0.6) is 11.6 Å². The van der Waals surface area contributed by atoms with Crippen molar-refractivity contribution in [3.63, 3.8) is 0 Å². The summed E-state index contributed by atoms with van der Waals surface area (Å²) in [5.41, 5.74) is 1.73. The molecule has 0 saturated heterocycles. The Morgan fingerprint density at radius 1 is 0.897 bits per heavy atom. The van der Waals surface area contributed by atoms with E-state index >= 15 is 0 Å². The van der Waals surface area contributed by atoms with Crippen LogP contribution in [0.3, 0.4) is 0 Å². The van der Waals surface area contributed by atoms with Gasteiger partial charge in [0.25, 0.3) is 5.91 Å². The summed E-state index contributed by atoms with van der Waals surface area (Å²) < 4.78 is 10.8. The van der Waals surface area contributed by atoms with Gasteiger partial charge in [0.2, 0.25) is 5.88 Å². The fraction of sp³-hybridized carbons (Fsp3) is 0.150. The third kappa shape index (κ3) is 6.22. The number of aromatic nitrogens is 2. The summed E-state index contributed by atoms with van der Waals surface area (Å²) in [5.74, 6) is 0.320. The van der Waals surface area contributed by atoms with Gasteiger partial charge in [0.05, 0.1) is 27.3 Å². The van der Waals surface area contributed by atoms with Crippen molar-refractivity contribution in [2.75, 3.05) is 19.8 Å². The van der Waals surface area contributed by atoms with Gasteiger partial charge < -0.3 is 14.8 Å². The van der Waals surface area contributed by atoms with Gasteiger partial charge in [-0.15, -0.1) is 10.2 Å². The van der Waals surface area contributed by atoms with Crippen LogP contribution in [0, 0.1) is 0 Å². The number of benzene rings is 2. The minimum atomic E-state index is -0.332. The SMILES string of the molecule is O=C(COc1cc(Cl)c(Cl)cc1Cl)NCCOc1ccc(-c2ccccc2)nn1. The smallest absolute Gasteiger partial charge is 0.258 e. The molecule has 1 aromatic heterocycles. The molecule has 3 aromatic rings. The molecule has 9 heteroatoms. The van der Waals surface area contributed by atoms with E-state index in [9.17, 15) is 4.79 Å². The average Bonchev–Trinajstić information content (AvgIpc) is 2.74. The van der Waals surface area contributed by atoms with Crippen LogP contribution < -0.4 is 14.8 Å². The zero-order valence-electron chi connectivity index (χ0n) is 15.1. The van der Waals surface area contributed by atoms with E-state index in [1.807, 2.05) is 36.4 Å². The second-order valence-electron chi connectivity index (χ2n) is 5.81. The van der Waals surface area contributed by atoms with Gasteiger partial charge in [0.1, 0.15) is 12.4 Å². The molecule has 0 spiro atoms. The summed E-state index contributed by atoms with van der Waals surface area (Å²) in [6.07, 6.45) is 0. The number of hydrogen-bond donors (Lipinski definition) is 1. The quantitative estimate of drug-likeness (QED) is 0.397. The maximum absolute atomic E-state index is 11.9. The second kappa shape index (κ2) is 10.3. The number of ether oxygens (including phenoxy) is 2. The van der Waals surface area contributed by atoms with Crippen molar-refractivity contribution in [2.45, 2.75) is 0 Å². The molecule has 0 atom stereocenters. The number of nitrogens with one attached hydrogen (secondary N) is 1. The molecule has 0 unspecified atom stereocenters. The molecule has 0 aliphatic carbocycles. The summed E-state index contributed by atoms with van der Waals surface area (Å²) in [6, 6.07) is 16.2. The third-order valence-electron chi connectivity index (χ3n) is 3.72. The molecule has 1 N–H and O–H groups in total. The Bertz CT molecular complexity index is 970. The molecule has 3 rings (SSSR count). The fourth-order valence-electron chi connectivity index (χ4n) is 2.32. The molecule has 0 aliphatic heterocycles. The predicted octanol–water partition coefficient (Wildman–Crippen LogP) is 4.68. The Morgan fingerprint density at radius 2 is 1.66 bits per heavy atom. The van der Waals surface area contributed by atoms with E-state index in [-0.39, 0.29) is 36.4 Å². The van der Waals surface area contributed by atoms with Gasteiger partial charge in [-0.05, 0) is 12.1 Å². The molecular weight excluding hydrogens is 437 g/mol. The maximum atomic E-state index is 11.9. The number of halogens is 3. The van der Waals surface area contributed by atoms with E-state index in [0.29, 0.717) is 15.9 Å². The Kier molecular flexibility index (Phi) is 7.52. The van der Waals surface area contributed by atoms with Crippen LogP contribution in [0.2, 0.25) is 15.1 Å². The first-order valence-corrected chi connectivity index (χ1v) is 9.72. The summed E-state index contributed by atoms with van der Waals surface area (Å²) in [5, 5.41) is 11.7. The minimum Gasteiger partial charge on any atom is -0.482 e.